The third-order valence-electron chi connectivity index (χ3n) is 4.90. The number of fused-ring (bicyclic) bond motifs is 1. The second kappa shape index (κ2) is 5.30. The maximum atomic E-state index is 11.7. The Labute approximate surface area is 125 Å². The van der Waals surface area contributed by atoms with Gasteiger partial charge in [0.25, 0.3) is 0 Å². The van der Waals surface area contributed by atoms with Gasteiger partial charge >= 0.3 is 5.97 Å². The van der Waals surface area contributed by atoms with Gasteiger partial charge in [0.2, 0.25) is 0 Å². The van der Waals surface area contributed by atoms with Crippen molar-refractivity contribution in [3.8, 4) is 0 Å². The minimum Gasteiger partial charge on any atom is -0.462 e. The molecule has 0 aliphatic carbocycles. The first kappa shape index (κ1) is 14.3. The molecular weight excluding hydrogens is 266 g/mol. The topological polar surface area (TPSA) is 54.5 Å². The van der Waals surface area contributed by atoms with Gasteiger partial charge in [-0.1, -0.05) is 0 Å². The minimum atomic E-state index is -0.307. The molecule has 2 saturated heterocycles. The van der Waals surface area contributed by atoms with Crippen LogP contribution in [-0.4, -0.2) is 42.7 Å². The molecule has 0 spiro atoms. The lowest BCUT2D eigenvalue weighted by Crippen LogP contribution is -2.45. The van der Waals surface area contributed by atoms with E-state index >= 15 is 0 Å². The van der Waals surface area contributed by atoms with E-state index in [0.717, 1.165) is 25.5 Å². The SMILES string of the molecule is CCOC(=O)c1ccc(N2CC3CNCC3C2(C)C)nc1. The van der Waals surface area contributed by atoms with Crippen LogP contribution in [0.3, 0.4) is 0 Å². The van der Waals surface area contributed by atoms with Gasteiger partial charge in [0, 0.05) is 31.4 Å². The Morgan fingerprint density at radius 3 is 2.90 bits per heavy atom. The van der Waals surface area contributed by atoms with Crippen LogP contribution in [0.1, 0.15) is 31.1 Å². The second-order valence-electron chi connectivity index (χ2n) is 6.41. The molecule has 3 heterocycles. The summed E-state index contributed by atoms with van der Waals surface area (Å²) in [5.41, 5.74) is 0.603. The fourth-order valence-electron chi connectivity index (χ4n) is 3.69. The maximum Gasteiger partial charge on any atom is 0.339 e. The number of carbonyl (C=O) groups is 1. The highest BCUT2D eigenvalue weighted by atomic mass is 16.5. The van der Waals surface area contributed by atoms with Gasteiger partial charge in [-0.2, -0.15) is 0 Å². The van der Waals surface area contributed by atoms with Crippen LogP contribution in [0, 0.1) is 11.8 Å². The van der Waals surface area contributed by atoms with Crippen LogP contribution in [0.5, 0.6) is 0 Å². The van der Waals surface area contributed by atoms with Crippen LogP contribution < -0.4 is 10.2 Å². The van der Waals surface area contributed by atoms with E-state index in [1.165, 1.54) is 0 Å². The molecule has 1 aromatic rings. The van der Waals surface area contributed by atoms with E-state index in [9.17, 15) is 4.79 Å². The quantitative estimate of drug-likeness (QED) is 0.858. The van der Waals surface area contributed by atoms with Crippen molar-refractivity contribution in [2.24, 2.45) is 11.8 Å². The highest BCUT2D eigenvalue weighted by molar-refractivity contribution is 5.89. The van der Waals surface area contributed by atoms with E-state index < -0.39 is 0 Å². The van der Waals surface area contributed by atoms with Crippen molar-refractivity contribution >= 4 is 11.8 Å². The fraction of sp³-hybridized carbons (Fsp3) is 0.625. The minimum absolute atomic E-state index is 0.0899. The van der Waals surface area contributed by atoms with Gasteiger partial charge < -0.3 is 15.0 Å². The summed E-state index contributed by atoms with van der Waals surface area (Å²) in [4.78, 5) is 18.5. The number of hydrogen-bond acceptors (Lipinski definition) is 5. The molecule has 2 atom stereocenters. The van der Waals surface area contributed by atoms with Gasteiger partial charge in [-0.15, -0.1) is 0 Å². The fourth-order valence-corrected chi connectivity index (χ4v) is 3.69. The van der Waals surface area contributed by atoms with Crippen molar-refractivity contribution in [1.29, 1.82) is 0 Å². The van der Waals surface area contributed by atoms with Crippen LogP contribution in [0.25, 0.3) is 0 Å². The van der Waals surface area contributed by atoms with E-state index in [2.05, 4.69) is 29.0 Å². The summed E-state index contributed by atoms with van der Waals surface area (Å²) in [6.07, 6.45) is 1.62. The third-order valence-corrected chi connectivity index (χ3v) is 4.90. The summed E-state index contributed by atoms with van der Waals surface area (Å²) in [6.45, 7) is 9.95. The summed E-state index contributed by atoms with van der Waals surface area (Å²) in [5, 5.41) is 3.48. The van der Waals surface area contributed by atoms with Gasteiger partial charge in [0.1, 0.15) is 5.82 Å². The average Bonchev–Trinajstić information content (AvgIpc) is 3.02. The number of ether oxygens (including phenoxy) is 1. The molecule has 114 valence electrons. The van der Waals surface area contributed by atoms with E-state index in [4.69, 9.17) is 4.74 Å². The summed E-state index contributed by atoms with van der Waals surface area (Å²) in [5.74, 6) is 1.98. The Balaban J connectivity index is 1.80. The summed E-state index contributed by atoms with van der Waals surface area (Å²) >= 11 is 0. The van der Waals surface area contributed by atoms with Gasteiger partial charge in [-0.05, 0) is 44.7 Å². The Morgan fingerprint density at radius 1 is 1.48 bits per heavy atom. The predicted molar refractivity (Wildman–Crippen MR) is 81.5 cm³/mol. The van der Waals surface area contributed by atoms with E-state index in [-0.39, 0.29) is 11.5 Å². The zero-order valence-electron chi connectivity index (χ0n) is 12.9. The molecule has 0 amide bonds. The molecule has 5 nitrogen and oxygen atoms in total. The molecule has 2 fully saturated rings. The normalized spacial score (nSPS) is 26.7. The van der Waals surface area contributed by atoms with Crippen molar-refractivity contribution in [3.05, 3.63) is 23.9 Å². The molecule has 0 saturated carbocycles. The van der Waals surface area contributed by atoms with Crippen molar-refractivity contribution in [2.75, 3.05) is 31.1 Å². The molecule has 3 rings (SSSR count). The number of aromatic nitrogens is 1. The van der Waals surface area contributed by atoms with Crippen LogP contribution in [-0.2, 0) is 4.74 Å². The zero-order valence-corrected chi connectivity index (χ0v) is 12.9. The third kappa shape index (κ3) is 2.39. The van der Waals surface area contributed by atoms with Crippen LogP contribution in [0.2, 0.25) is 0 Å². The highest BCUT2D eigenvalue weighted by Gasteiger charge is 2.49. The van der Waals surface area contributed by atoms with Crippen molar-refractivity contribution in [2.45, 2.75) is 26.3 Å². The number of anilines is 1. The number of pyridine rings is 1. The summed E-state index contributed by atoms with van der Waals surface area (Å²) < 4.78 is 4.99. The number of carbonyl (C=O) groups excluding carboxylic acids is 1. The summed E-state index contributed by atoms with van der Waals surface area (Å²) in [7, 11) is 0. The molecule has 1 aromatic heterocycles. The molecule has 21 heavy (non-hydrogen) atoms. The second-order valence-corrected chi connectivity index (χ2v) is 6.41. The standard InChI is InChI=1S/C16H23N3O2/c1-4-21-15(20)11-5-6-14(18-8-11)19-10-12-7-17-9-13(12)16(19,2)3/h5-6,8,12-13,17H,4,7,9-10H2,1-3H3. The number of rotatable bonds is 3. The van der Waals surface area contributed by atoms with Gasteiger partial charge in [-0.3, -0.25) is 0 Å². The van der Waals surface area contributed by atoms with Gasteiger partial charge in [0.15, 0.2) is 0 Å². The summed E-state index contributed by atoms with van der Waals surface area (Å²) in [6, 6.07) is 3.74. The smallest absolute Gasteiger partial charge is 0.339 e. The first-order valence-corrected chi connectivity index (χ1v) is 7.65. The molecule has 5 heteroatoms. The number of nitrogens with zero attached hydrogens (tertiary/aromatic N) is 2. The van der Waals surface area contributed by atoms with E-state index in [1.807, 2.05) is 12.1 Å². The van der Waals surface area contributed by atoms with Crippen LogP contribution in [0.4, 0.5) is 5.82 Å². The molecule has 1 N–H and O–H groups in total. The van der Waals surface area contributed by atoms with Crippen molar-refractivity contribution in [1.82, 2.24) is 10.3 Å². The molecule has 2 aliphatic heterocycles. The molecule has 0 aromatic carbocycles. The number of nitrogens with one attached hydrogen (secondary N) is 1. The Hall–Kier alpha value is -1.62. The first-order chi connectivity index (χ1) is 10.0. The number of hydrogen-bond donors (Lipinski definition) is 1. The number of esters is 1. The predicted octanol–water partition coefficient (Wildman–Crippen LogP) is 1.69. The largest absolute Gasteiger partial charge is 0.462 e. The van der Waals surface area contributed by atoms with Crippen molar-refractivity contribution in [3.63, 3.8) is 0 Å². The molecular formula is C16H23N3O2. The Morgan fingerprint density at radius 2 is 2.29 bits per heavy atom. The lowest BCUT2D eigenvalue weighted by Gasteiger charge is -2.36. The lowest BCUT2D eigenvalue weighted by atomic mass is 9.85. The lowest BCUT2D eigenvalue weighted by molar-refractivity contribution is 0.0526. The molecule has 0 bridgehead atoms. The van der Waals surface area contributed by atoms with Gasteiger partial charge in [-0.25, -0.2) is 9.78 Å². The molecule has 2 unspecified atom stereocenters. The van der Waals surface area contributed by atoms with Crippen molar-refractivity contribution < 1.29 is 9.53 Å². The molecule has 0 radical (unpaired) electrons. The monoisotopic (exact) mass is 289 g/mol. The molecule has 2 aliphatic rings. The highest BCUT2D eigenvalue weighted by Crippen LogP contribution is 2.42. The Kier molecular flexibility index (Phi) is 3.61. The van der Waals surface area contributed by atoms with E-state index in [0.29, 0.717) is 24.0 Å². The van der Waals surface area contributed by atoms with Gasteiger partial charge in [0.05, 0.1) is 12.2 Å². The first-order valence-electron chi connectivity index (χ1n) is 7.65. The zero-order chi connectivity index (χ0) is 15.0. The van der Waals surface area contributed by atoms with Crippen LogP contribution >= 0.6 is 0 Å². The maximum absolute atomic E-state index is 11.7. The van der Waals surface area contributed by atoms with Crippen LogP contribution in [0.15, 0.2) is 18.3 Å². The Bertz CT molecular complexity index is 527. The average molecular weight is 289 g/mol. The van der Waals surface area contributed by atoms with E-state index in [1.54, 1.807) is 13.1 Å².